The molecule has 2 bridgehead atoms. The molecule has 1 N–H and O–H groups in total. The fourth-order valence-electron chi connectivity index (χ4n) is 3.18. The molecule has 2 heteroatoms. The highest BCUT2D eigenvalue weighted by Crippen LogP contribution is 2.61. The Balaban J connectivity index is 0.000000342. The van der Waals surface area contributed by atoms with Gasteiger partial charge < -0.3 is 5.11 Å². The molecule has 3 fully saturated rings. The van der Waals surface area contributed by atoms with Gasteiger partial charge in [-0.3, -0.25) is 4.79 Å². The summed E-state index contributed by atoms with van der Waals surface area (Å²) < 4.78 is 0. The molecule has 0 saturated heterocycles. The van der Waals surface area contributed by atoms with E-state index in [2.05, 4.69) is 20.8 Å². The smallest absolute Gasteiger partial charge is 0.290 e. The first-order chi connectivity index (χ1) is 7.04. The summed E-state index contributed by atoms with van der Waals surface area (Å²) in [7, 11) is 0. The molecule has 0 spiro atoms. The van der Waals surface area contributed by atoms with Gasteiger partial charge in [0, 0.05) is 0 Å². The Morgan fingerprint density at radius 2 is 1.73 bits per heavy atom. The lowest BCUT2D eigenvalue weighted by atomic mass is 9.46. The molecular weight excluding hydrogens is 188 g/mol. The van der Waals surface area contributed by atoms with E-state index in [4.69, 9.17) is 9.90 Å². The minimum atomic E-state index is -0.250. The number of hydrogen-bond donors (Lipinski definition) is 1. The third-order valence-corrected chi connectivity index (χ3v) is 4.20. The monoisotopic (exact) mass is 214 g/mol. The van der Waals surface area contributed by atoms with Crippen LogP contribution in [0.15, 0.2) is 0 Å². The second kappa shape index (κ2) is 6.14. The molecule has 0 heterocycles. The van der Waals surface area contributed by atoms with Crippen molar-refractivity contribution >= 4 is 6.47 Å². The van der Waals surface area contributed by atoms with Crippen molar-refractivity contribution in [3.05, 3.63) is 0 Å². The fourth-order valence-corrected chi connectivity index (χ4v) is 3.18. The standard InChI is InChI=1S/C10H18.C2H6.CH2O2/c1-7-4-5-8-6-9(7)10(8,2)3;1-2;2-1-3/h7-9H,4-6H2,1-3H3;1-2H3;1H,(H,2,3). The summed E-state index contributed by atoms with van der Waals surface area (Å²) in [5, 5.41) is 6.89. The van der Waals surface area contributed by atoms with E-state index >= 15 is 0 Å². The highest BCUT2D eigenvalue weighted by Gasteiger charge is 2.52. The molecule has 3 saturated carbocycles. The second-order valence-corrected chi connectivity index (χ2v) is 5.02. The Bertz CT molecular complexity index is 185. The largest absolute Gasteiger partial charge is 0.483 e. The molecule has 0 aliphatic heterocycles. The van der Waals surface area contributed by atoms with Crippen molar-refractivity contribution in [1.29, 1.82) is 0 Å². The van der Waals surface area contributed by atoms with Crippen LogP contribution in [0.2, 0.25) is 0 Å². The van der Waals surface area contributed by atoms with Crippen LogP contribution >= 0.6 is 0 Å². The first-order valence-corrected chi connectivity index (χ1v) is 6.11. The van der Waals surface area contributed by atoms with Crippen molar-refractivity contribution in [2.24, 2.45) is 23.2 Å². The zero-order valence-corrected chi connectivity index (χ0v) is 10.8. The lowest BCUT2D eigenvalue weighted by molar-refractivity contribution is -0.122. The maximum atomic E-state index is 8.36. The Morgan fingerprint density at radius 1 is 1.27 bits per heavy atom. The summed E-state index contributed by atoms with van der Waals surface area (Å²) >= 11 is 0. The van der Waals surface area contributed by atoms with E-state index in [9.17, 15) is 0 Å². The van der Waals surface area contributed by atoms with Gasteiger partial charge >= 0.3 is 0 Å². The van der Waals surface area contributed by atoms with Crippen LogP contribution in [0.5, 0.6) is 0 Å². The van der Waals surface area contributed by atoms with Crippen LogP contribution in [-0.2, 0) is 4.79 Å². The van der Waals surface area contributed by atoms with E-state index in [1.54, 1.807) is 0 Å². The molecule has 3 aliphatic rings. The molecule has 3 unspecified atom stereocenters. The molecule has 3 rings (SSSR count). The first kappa shape index (κ1) is 14.5. The summed E-state index contributed by atoms with van der Waals surface area (Å²) in [6, 6.07) is 0. The van der Waals surface area contributed by atoms with Crippen molar-refractivity contribution in [2.45, 2.75) is 53.9 Å². The van der Waals surface area contributed by atoms with E-state index in [0.717, 1.165) is 17.8 Å². The van der Waals surface area contributed by atoms with Crippen molar-refractivity contribution < 1.29 is 9.90 Å². The SMILES string of the molecule is CC.CC1CCC2CC1C2(C)C.O=CO. The molecular formula is C13H26O2. The van der Waals surface area contributed by atoms with Crippen molar-refractivity contribution in [2.75, 3.05) is 0 Å². The Morgan fingerprint density at radius 3 is 1.93 bits per heavy atom. The van der Waals surface area contributed by atoms with Gasteiger partial charge in [0.2, 0.25) is 0 Å². The predicted octanol–water partition coefficient (Wildman–Crippen LogP) is 3.81. The highest BCUT2D eigenvalue weighted by atomic mass is 16.3. The minimum absolute atomic E-state index is 0.250. The van der Waals surface area contributed by atoms with Crippen molar-refractivity contribution in [3.63, 3.8) is 0 Å². The summed E-state index contributed by atoms with van der Waals surface area (Å²) in [6.45, 7) is 11.1. The highest BCUT2D eigenvalue weighted by molar-refractivity contribution is 5.32. The third kappa shape index (κ3) is 2.96. The van der Waals surface area contributed by atoms with Gasteiger partial charge in [-0.1, -0.05) is 41.0 Å². The van der Waals surface area contributed by atoms with Gasteiger partial charge in [0.1, 0.15) is 0 Å². The summed E-state index contributed by atoms with van der Waals surface area (Å²) in [5.74, 6) is 3.15. The van der Waals surface area contributed by atoms with Gasteiger partial charge in [0.05, 0.1) is 0 Å². The maximum Gasteiger partial charge on any atom is 0.290 e. The van der Waals surface area contributed by atoms with Gasteiger partial charge in [0.15, 0.2) is 0 Å². The van der Waals surface area contributed by atoms with Crippen LogP contribution in [0.25, 0.3) is 0 Å². The van der Waals surface area contributed by atoms with Crippen LogP contribution in [0.1, 0.15) is 53.9 Å². The van der Waals surface area contributed by atoms with Crippen molar-refractivity contribution in [3.8, 4) is 0 Å². The van der Waals surface area contributed by atoms with Gasteiger partial charge in [-0.15, -0.1) is 0 Å². The zero-order valence-electron chi connectivity index (χ0n) is 10.8. The van der Waals surface area contributed by atoms with E-state index in [1.165, 1.54) is 19.3 Å². The summed E-state index contributed by atoms with van der Waals surface area (Å²) in [4.78, 5) is 8.36. The number of carboxylic acid groups (broad SMARTS) is 1. The Kier molecular flexibility index (Phi) is 5.92. The molecule has 0 aromatic heterocycles. The molecule has 0 radical (unpaired) electrons. The molecule has 90 valence electrons. The second-order valence-electron chi connectivity index (χ2n) is 5.02. The molecule has 3 atom stereocenters. The minimum Gasteiger partial charge on any atom is -0.483 e. The third-order valence-electron chi connectivity index (χ3n) is 4.20. The van der Waals surface area contributed by atoms with Gasteiger partial charge in [-0.2, -0.15) is 0 Å². The van der Waals surface area contributed by atoms with Gasteiger partial charge in [0.25, 0.3) is 6.47 Å². The normalized spacial score (nSPS) is 34.6. The lowest BCUT2D eigenvalue weighted by Gasteiger charge is -2.59. The van der Waals surface area contributed by atoms with Gasteiger partial charge in [-0.25, -0.2) is 0 Å². The topological polar surface area (TPSA) is 37.3 Å². The predicted molar refractivity (Wildman–Crippen MR) is 63.8 cm³/mol. The number of rotatable bonds is 0. The first-order valence-electron chi connectivity index (χ1n) is 6.11. The lowest BCUT2D eigenvalue weighted by Crippen LogP contribution is -2.51. The number of carbonyl (C=O) groups is 1. The van der Waals surface area contributed by atoms with E-state index in [-0.39, 0.29) is 6.47 Å². The van der Waals surface area contributed by atoms with E-state index in [1.807, 2.05) is 13.8 Å². The van der Waals surface area contributed by atoms with Crippen LogP contribution in [-0.4, -0.2) is 11.6 Å². The Labute approximate surface area is 94.1 Å². The van der Waals surface area contributed by atoms with E-state index in [0.29, 0.717) is 5.41 Å². The van der Waals surface area contributed by atoms with Crippen LogP contribution in [0.3, 0.4) is 0 Å². The van der Waals surface area contributed by atoms with Crippen molar-refractivity contribution in [1.82, 2.24) is 0 Å². The van der Waals surface area contributed by atoms with Crippen LogP contribution in [0, 0.1) is 23.2 Å². The molecule has 0 amide bonds. The maximum absolute atomic E-state index is 8.36. The quantitative estimate of drug-likeness (QED) is 0.623. The van der Waals surface area contributed by atoms with Crippen LogP contribution < -0.4 is 0 Å². The molecule has 0 aromatic rings. The molecule has 15 heavy (non-hydrogen) atoms. The molecule has 0 aromatic carbocycles. The van der Waals surface area contributed by atoms with Crippen LogP contribution in [0.4, 0.5) is 0 Å². The number of fused-ring (bicyclic) bond motifs is 2. The average Bonchev–Trinajstić information content (AvgIpc) is 2.21. The molecule has 3 aliphatic carbocycles. The zero-order chi connectivity index (χ0) is 12.1. The molecule has 2 nitrogen and oxygen atoms in total. The fraction of sp³-hybridized carbons (Fsp3) is 0.923. The average molecular weight is 214 g/mol. The number of hydrogen-bond acceptors (Lipinski definition) is 1. The Hall–Kier alpha value is -0.530. The summed E-state index contributed by atoms with van der Waals surface area (Å²) in [6.07, 6.45) is 4.54. The van der Waals surface area contributed by atoms with E-state index < -0.39 is 0 Å². The summed E-state index contributed by atoms with van der Waals surface area (Å²) in [5.41, 5.74) is 0.706. The van der Waals surface area contributed by atoms with Gasteiger partial charge in [-0.05, 0) is 36.0 Å².